The van der Waals surface area contributed by atoms with Crippen molar-refractivity contribution in [1.82, 2.24) is 9.80 Å². The quantitative estimate of drug-likeness (QED) is 0.757. The molecule has 5 nitrogen and oxygen atoms in total. The predicted molar refractivity (Wildman–Crippen MR) is 61.8 cm³/mol. The highest BCUT2D eigenvalue weighted by Gasteiger charge is 2.45. The first-order chi connectivity index (χ1) is 8.84. The number of carboxylic acid groups (broad SMARTS) is 1. The number of nitrogens with zero attached hydrogens (tertiary/aromatic N) is 2. The second-order valence-corrected chi connectivity index (χ2v) is 4.65. The second-order valence-electron chi connectivity index (χ2n) is 4.65. The van der Waals surface area contributed by atoms with Gasteiger partial charge >= 0.3 is 12.1 Å². The molecule has 8 heteroatoms. The van der Waals surface area contributed by atoms with E-state index in [0.717, 1.165) is 0 Å². The van der Waals surface area contributed by atoms with Gasteiger partial charge in [-0.1, -0.05) is 0 Å². The molecular formula is C11H19F3N2O3. The molecule has 0 bridgehead atoms. The molecule has 1 heterocycles. The number of β-amino-alcohol motifs (C(OH)–C–C–N with tert-alkyl or cyclic N) is 1. The molecule has 0 aromatic heterocycles. The van der Waals surface area contributed by atoms with E-state index >= 15 is 0 Å². The van der Waals surface area contributed by atoms with Gasteiger partial charge in [0.1, 0.15) is 0 Å². The third kappa shape index (κ3) is 5.33. The van der Waals surface area contributed by atoms with Crippen molar-refractivity contribution in [1.29, 1.82) is 0 Å². The van der Waals surface area contributed by atoms with Gasteiger partial charge in [0.25, 0.3) is 0 Å². The third-order valence-corrected chi connectivity index (χ3v) is 3.23. The van der Waals surface area contributed by atoms with E-state index in [9.17, 15) is 18.0 Å². The number of hydrogen-bond acceptors (Lipinski definition) is 4. The Bertz CT molecular complexity index is 299. The average Bonchev–Trinajstić information content (AvgIpc) is 2.50. The van der Waals surface area contributed by atoms with E-state index in [1.54, 1.807) is 0 Å². The van der Waals surface area contributed by atoms with Crippen LogP contribution < -0.4 is 0 Å². The van der Waals surface area contributed by atoms with Crippen molar-refractivity contribution in [2.24, 2.45) is 5.92 Å². The number of aliphatic hydroxyl groups is 1. The zero-order valence-electron chi connectivity index (χ0n) is 10.6. The zero-order chi connectivity index (χ0) is 14.5. The van der Waals surface area contributed by atoms with E-state index in [-0.39, 0.29) is 6.61 Å². The summed E-state index contributed by atoms with van der Waals surface area (Å²) < 4.78 is 37.7. The molecule has 1 atom stereocenters. The highest BCUT2D eigenvalue weighted by molar-refractivity contribution is 5.71. The first kappa shape index (κ1) is 16.2. The molecule has 1 saturated heterocycles. The van der Waals surface area contributed by atoms with Gasteiger partial charge in [0.05, 0.1) is 6.61 Å². The van der Waals surface area contributed by atoms with Crippen molar-refractivity contribution >= 4 is 5.97 Å². The first-order valence-electron chi connectivity index (χ1n) is 6.19. The van der Waals surface area contributed by atoms with Crippen LogP contribution in [0.25, 0.3) is 0 Å². The Labute approximate surface area is 109 Å². The van der Waals surface area contributed by atoms with Crippen molar-refractivity contribution in [3.8, 4) is 0 Å². The lowest BCUT2D eigenvalue weighted by Crippen LogP contribution is -2.42. The summed E-state index contributed by atoms with van der Waals surface area (Å²) in [6.45, 7) is 2.09. The number of hydrogen-bond donors (Lipinski definition) is 2. The van der Waals surface area contributed by atoms with Crippen molar-refractivity contribution < 1.29 is 28.2 Å². The van der Waals surface area contributed by atoms with E-state index in [0.29, 0.717) is 39.1 Å². The lowest BCUT2D eigenvalue weighted by molar-refractivity contribution is -0.196. The normalized spacial score (nSPS) is 21.1. The summed E-state index contributed by atoms with van der Waals surface area (Å²) in [5.41, 5.74) is 0. The molecule has 0 radical (unpaired) electrons. The van der Waals surface area contributed by atoms with E-state index in [2.05, 4.69) is 0 Å². The Morgan fingerprint density at radius 1 is 1.16 bits per heavy atom. The van der Waals surface area contributed by atoms with Gasteiger partial charge in [-0.25, -0.2) is 0 Å². The van der Waals surface area contributed by atoms with Crippen LogP contribution in [-0.4, -0.2) is 78.0 Å². The molecule has 1 fully saturated rings. The van der Waals surface area contributed by atoms with Gasteiger partial charge in [-0.15, -0.1) is 0 Å². The van der Waals surface area contributed by atoms with E-state index in [1.807, 2.05) is 4.90 Å². The van der Waals surface area contributed by atoms with Crippen LogP contribution in [0, 0.1) is 5.92 Å². The van der Waals surface area contributed by atoms with Crippen molar-refractivity contribution in [2.45, 2.75) is 12.6 Å². The highest BCUT2D eigenvalue weighted by atomic mass is 19.4. The summed E-state index contributed by atoms with van der Waals surface area (Å²) in [4.78, 5) is 14.2. The minimum absolute atomic E-state index is 0.0142. The van der Waals surface area contributed by atoms with Crippen LogP contribution in [0.4, 0.5) is 13.2 Å². The lowest BCUT2D eigenvalue weighted by atomic mass is 10.1. The van der Waals surface area contributed by atoms with Crippen LogP contribution in [0.1, 0.15) is 6.42 Å². The summed E-state index contributed by atoms with van der Waals surface area (Å²) in [7, 11) is 0. The molecule has 1 rings (SSSR count). The Morgan fingerprint density at radius 2 is 1.74 bits per heavy atom. The maximum atomic E-state index is 12.6. The molecule has 0 aliphatic carbocycles. The summed E-state index contributed by atoms with van der Waals surface area (Å²) in [5.74, 6) is -4.17. The molecule has 1 unspecified atom stereocenters. The molecule has 1 aliphatic rings. The van der Waals surface area contributed by atoms with Crippen LogP contribution in [0.15, 0.2) is 0 Å². The molecular weight excluding hydrogens is 265 g/mol. The minimum Gasteiger partial charge on any atom is -0.481 e. The van der Waals surface area contributed by atoms with Crippen molar-refractivity contribution in [2.75, 3.05) is 45.9 Å². The van der Waals surface area contributed by atoms with Crippen molar-refractivity contribution in [3.63, 3.8) is 0 Å². The molecule has 0 saturated carbocycles. The summed E-state index contributed by atoms with van der Waals surface area (Å²) in [6, 6.07) is 0. The molecule has 0 aromatic rings. The first-order valence-corrected chi connectivity index (χ1v) is 6.19. The zero-order valence-corrected chi connectivity index (χ0v) is 10.6. The fourth-order valence-electron chi connectivity index (χ4n) is 2.15. The van der Waals surface area contributed by atoms with Gasteiger partial charge in [0.15, 0.2) is 5.92 Å². The van der Waals surface area contributed by atoms with Gasteiger partial charge < -0.3 is 15.1 Å². The number of aliphatic carboxylic acids is 1. The molecule has 2 N–H and O–H groups in total. The Kier molecular flexibility index (Phi) is 6.02. The Balaban J connectivity index is 2.54. The van der Waals surface area contributed by atoms with Crippen LogP contribution in [0.2, 0.25) is 0 Å². The van der Waals surface area contributed by atoms with Gasteiger partial charge in [-0.05, 0) is 19.5 Å². The monoisotopic (exact) mass is 284 g/mol. The minimum atomic E-state index is -4.72. The molecule has 0 spiro atoms. The number of carboxylic acids is 1. The fraction of sp³-hybridized carbons (Fsp3) is 0.909. The maximum Gasteiger partial charge on any atom is 0.403 e. The molecule has 0 aromatic carbocycles. The molecule has 112 valence electrons. The fourth-order valence-corrected chi connectivity index (χ4v) is 2.15. The number of halogens is 3. The van der Waals surface area contributed by atoms with Crippen LogP contribution in [0.3, 0.4) is 0 Å². The molecule has 1 aliphatic heterocycles. The number of aliphatic hydroxyl groups excluding tert-OH is 1. The SMILES string of the molecule is O=C(O)C(CN1CCCN(CCO)CC1)C(F)(F)F. The Morgan fingerprint density at radius 3 is 2.26 bits per heavy atom. The predicted octanol–water partition coefficient (Wildman–Crippen LogP) is 0.250. The van der Waals surface area contributed by atoms with Crippen LogP contribution >= 0.6 is 0 Å². The number of carbonyl (C=O) groups is 1. The topological polar surface area (TPSA) is 64.0 Å². The number of rotatable bonds is 5. The van der Waals surface area contributed by atoms with Gasteiger partial charge in [-0.3, -0.25) is 9.69 Å². The lowest BCUT2D eigenvalue weighted by Gasteiger charge is -2.25. The third-order valence-electron chi connectivity index (χ3n) is 3.23. The van der Waals surface area contributed by atoms with Crippen LogP contribution in [-0.2, 0) is 4.79 Å². The van der Waals surface area contributed by atoms with E-state index in [4.69, 9.17) is 10.2 Å². The average molecular weight is 284 g/mol. The summed E-state index contributed by atoms with van der Waals surface area (Å²) in [6.07, 6.45) is -4.05. The van der Waals surface area contributed by atoms with E-state index in [1.165, 1.54) is 4.90 Å². The van der Waals surface area contributed by atoms with Crippen molar-refractivity contribution in [3.05, 3.63) is 0 Å². The smallest absolute Gasteiger partial charge is 0.403 e. The number of alkyl halides is 3. The van der Waals surface area contributed by atoms with Gasteiger partial charge in [-0.2, -0.15) is 13.2 Å². The van der Waals surface area contributed by atoms with Gasteiger partial charge in [0, 0.05) is 26.2 Å². The highest BCUT2D eigenvalue weighted by Crippen LogP contribution is 2.27. The summed E-state index contributed by atoms with van der Waals surface area (Å²) >= 11 is 0. The Hall–Kier alpha value is -0.860. The largest absolute Gasteiger partial charge is 0.481 e. The standard InChI is InChI=1S/C11H19F3N2O3/c12-11(13,14)9(10(18)19)8-16-3-1-2-15(4-5-16)6-7-17/h9,17H,1-8H2,(H,18,19). The van der Waals surface area contributed by atoms with E-state index < -0.39 is 24.6 Å². The van der Waals surface area contributed by atoms with Crippen LogP contribution in [0.5, 0.6) is 0 Å². The summed E-state index contributed by atoms with van der Waals surface area (Å²) in [5, 5.41) is 17.5. The van der Waals surface area contributed by atoms with Gasteiger partial charge in [0.2, 0.25) is 0 Å². The molecule has 19 heavy (non-hydrogen) atoms. The maximum absolute atomic E-state index is 12.6. The molecule has 0 amide bonds. The second kappa shape index (κ2) is 7.06.